The molecule has 31 heavy (non-hydrogen) atoms. The third-order valence-electron chi connectivity index (χ3n) is 5.45. The first-order chi connectivity index (χ1) is 15.0. The molecule has 4 heteroatoms. The summed E-state index contributed by atoms with van der Waals surface area (Å²) < 4.78 is 7.90. The van der Waals surface area contributed by atoms with Crippen molar-refractivity contribution < 1.29 is 4.74 Å². The Morgan fingerprint density at radius 2 is 1.55 bits per heavy atom. The molecule has 0 aliphatic heterocycles. The van der Waals surface area contributed by atoms with E-state index < -0.39 is 0 Å². The van der Waals surface area contributed by atoms with Crippen molar-refractivity contribution in [1.29, 1.82) is 0 Å². The first-order valence-corrected chi connectivity index (χ1v) is 10.6. The van der Waals surface area contributed by atoms with E-state index in [4.69, 9.17) is 14.8 Å². The van der Waals surface area contributed by atoms with Gasteiger partial charge in [0.1, 0.15) is 12.4 Å². The Hall–Kier alpha value is -3.66. The molecule has 2 heterocycles. The van der Waals surface area contributed by atoms with Gasteiger partial charge in [0.15, 0.2) is 5.65 Å². The largest absolute Gasteiger partial charge is 0.489 e. The summed E-state index contributed by atoms with van der Waals surface area (Å²) in [7, 11) is 0. The van der Waals surface area contributed by atoms with Gasteiger partial charge in [-0.1, -0.05) is 69.3 Å². The highest BCUT2D eigenvalue weighted by Gasteiger charge is 2.20. The number of ether oxygens (including phenoxy) is 1. The minimum Gasteiger partial charge on any atom is -0.489 e. The van der Waals surface area contributed by atoms with E-state index >= 15 is 0 Å². The summed E-state index contributed by atoms with van der Waals surface area (Å²) in [5, 5.41) is 5.93. The number of hydrogen-bond donors (Lipinski definition) is 0. The molecule has 0 spiro atoms. The highest BCUT2D eigenvalue weighted by Crippen LogP contribution is 2.31. The van der Waals surface area contributed by atoms with Gasteiger partial charge in [0.05, 0.1) is 16.9 Å². The summed E-state index contributed by atoms with van der Waals surface area (Å²) >= 11 is 0. The van der Waals surface area contributed by atoms with E-state index in [1.807, 2.05) is 47.0 Å². The molecule has 5 rings (SSSR count). The Labute approximate surface area is 182 Å². The third kappa shape index (κ3) is 3.77. The Morgan fingerprint density at radius 3 is 2.29 bits per heavy atom. The van der Waals surface area contributed by atoms with E-state index in [1.54, 1.807) is 0 Å². The van der Waals surface area contributed by atoms with Crippen LogP contribution in [0, 0.1) is 0 Å². The van der Waals surface area contributed by atoms with E-state index in [2.05, 4.69) is 63.2 Å². The molecule has 0 N–H and O–H groups in total. The summed E-state index contributed by atoms with van der Waals surface area (Å²) in [4.78, 5) is 4.99. The summed E-state index contributed by atoms with van der Waals surface area (Å²) in [5.74, 6) is 0.845. The molecule has 0 atom stereocenters. The van der Waals surface area contributed by atoms with Crippen molar-refractivity contribution in [2.75, 3.05) is 0 Å². The van der Waals surface area contributed by atoms with E-state index in [9.17, 15) is 0 Å². The van der Waals surface area contributed by atoms with Gasteiger partial charge in [-0.2, -0.15) is 5.10 Å². The van der Waals surface area contributed by atoms with Crippen LogP contribution in [0.25, 0.3) is 27.8 Å². The molecule has 0 aliphatic carbocycles. The van der Waals surface area contributed by atoms with Crippen LogP contribution in [0.2, 0.25) is 0 Å². The summed E-state index contributed by atoms with van der Waals surface area (Å²) in [6.07, 6.45) is 0. The Bertz CT molecular complexity index is 1350. The van der Waals surface area contributed by atoms with Crippen LogP contribution in [0.1, 0.15) is 32.0 Å². The highest BCUT2D eigenvalue weighted by atomic mass is 16.5. The van der Waals surface area contributed by atoms with Gasteiger partial charge < -0.3 is 4.74 Å². The molecule has 5 aromatic rings. The van der Waals surface area contributed by atoms with Crippen molar-refractivity contribution in [2.45, 2.75) is 32.8 Å². The fourth-order valence-corrected chi connectivity index (χ4v) is 3.70. The van der Waals surface area contributed by atoms with E-state index in [-0.39, 0.29) is 5.41 Å². The van der Waals surface area contributed by atoms with Crippen molar-refractivity contribution >= 4 is 16.6 Å². The lowest BCUT2D eigenvalue weighted by Gasteiger charge is -2.13. The monoisotopic (exact) mass is 407 g/mol. The smallest absolute Gasteiger partial charge is 0.156 e. The fraction of sp³-hybridized carbons (Fsp3) is 0.185. The molecule has 3 aromatic carbocycles. The average molecular weight is 408 g/mol. The lowest BCUT2D eigenvalue weighted by atomic mass is 9.93. The second-order valence-electron chi connectivity index (χ2n) is 8.83. The molecular formula is C27H25N3O. The number of para-hydroxylation sites is 1. The zero-order chi connectivity index (χ0) is 21.4. The summed E-state index contributed by atoms with van der Waals surface area (Å²) in [6, 6.07) is 28.8. The SMILES string of the molecule is CC(C)(C)c1cc2nc(-c3ccc(OCc4ccccc4)cc3)c3ccccc3n2n1. The van der Waals surface area contributed by atoms with Crippen molar-refractivity contribution in [3.8, 4) is 17.0 Å². The van der Waals surface area contributed by atoms with Crippen LogP contribution >= 0.6 is 0 Å². The number of rotatable bonds is 4. The second-order valence-corrected chi connectivity index (χ2v) is 8.83. The van der Waals surface area contributed by atoms with Gasteiger partial charge in [0.2, 0.25) is 0 Å². The number of hydrogen-bond acceptors (Lipinski definition) is 3. The average Bonchev–Trinajstić information content (AvgIpc) is 3.24. The molecule has 0 radical (unpaired) electrons. The van der Waals surface area contributed by atoms with Crippen LogP contribution in [0.3, 0.4) is 0 Å². The zero-order valence-corrected chi connectivity index (χ0v) is 18.0. The Kier molecular flexibility index (Phi) is 4.70. The van der Waals surface area contributed by atoms with Gasteiger partial charge in [0, 0.05) is 22.4 Å². The van der Waals surface area contributed by atoms with Gasteiger partial charge >= 0.3 is 0 Å². The Morgan fingerprint density at radius 1 is 0.839 bits per heavy atom. The number of fused-ring (bicyclic) bond motifs is 3. The third-order valence-corrected chi connectivity index (χ3v) is 5.45. The van der Waals surface area contributed by atoms with E-state index in [0.29, 0.717) is 6.61 Å². The van der Waals surface area contributed by atoms with Crippen LogP contribution < -0.4 is 4.74 Å². The van der Waals surface area contributed by atoms with Gasteiger partial charge in [-0.05, 0) is 35.9 Å². The molecule has 0 fully saturated rings. The maximum absolute atomic E-state index is 5.95. The predicted octanol–water partition coefficient (Wildman–Crippen LogP) is 6.43. The standard InChI is InChI=1S/C27H25N3O/c1-27(2,3)24-17-25-28-26(22-11-7-8-12-23(22)30(25)29-24)20-13-15-21(16-14-20)31-18-19-9-5-4-6-10-19/h4-17H,18H2,1-3H3. The molecule has 0 saturated heterocycles. The lowest BCUT2D eigenvalue weighted by Crippen LogP contribution is -2.11. The normalized spacial score (nSPS) is 11.8. The van der Waals surface area contributed by atoms with Crippen LogP contribution in [0.5, 0.6) is 5.75 Å². The number of benzene rings is 3. The lowest BCUT2D eigenvalue weighted by molar-refractivity contribution is 0.306. The van der Waals surface area contributed by atoms with Gasteiger partial charge in [-0.25, -0.2) is 9.50 Å². The molecule has 0 aliphatic rings. The fourth-order valence-electron chi connectivity index (χ4n) is 3.70. The van der Waals surface area contributed by atoms with Crippen LogP contribution in [-0.2, 0) is 12.0 Å². The minimum absolute atomic E-state index is 0.0350. The molecule has 2 aromatic heterocycles. The van der Waals surface area contributed by atoms with Gasteiger partial charge in [0.25, 0.3) is 0 Å². The van der Waals surface area contributed by atoms with Crippen molar-refractivity contribution in [1.82, 2.24) is 14.6 Å². The minimum atomic E-state index is -0.0350. The van der Waals surface area contributed by atoms with Crippen LogP contribution in [0.4, 0.5) is 0 Å². The van der Waals surface area contributed by atoms with E-state index in [0.717, 1.165) is 44.8 Å². The first kappa shape index (κ1) is 19.3. The molecule has 0 unspecified atom stereocenters. The topological polar surface area (TPSA) is 39.4 Å². The number of aromatic nitrogens is 3. The molecule has 0 amide bonds. The van der Waals surface area contributed by atoms with Crippen LogP contribution in [0.15, 0.2) is 84.9 Å². The second kappa shape index (κ2) is 7.55. The van der Waals surface area contributed by atoms with E-state index in [1.165, 1.54) is 0 Å². The quantitative estimate of drug-likeness (QED) is 0.345. The zero-order valence-electron chi connectivity index (χ0n) is 18.0. The molecule has 154 valence electrons. The van der Waals surface area contributed by atoms with Gasteiger partial charge in [-0.15, -0.1) is 0 Å². The molecular weight excluding hydrogens is 382 g/mol. The van der Waals surface area contributed by atoms with Crippen molar-refractivity contribution in [3.05, 3.63) is 96.2 Å². The van der Waals surface area contributed by atoms with Crippen LogP contribution in [-0.4, -0.2) is 14.6 Å². The molecule has 4 nitrogen and oxygen atoms in total. The van der Waals surface area contributed by atoms with Crippen molar-refractivity contribution in [3.63, 3.8) is 0 Å². The maximum atomic E-state index is 5.95. The predicted molar refractivity (Wildman–Crippen MR) is 125 cm³/mol. The summed E-state index contributed by atoms with van der Waals surface area (Å²) in [5.41, 5.74) is 6.09. The van der Waals surface area contributed by atoms with Crippen molar-refractivity contribution in [2.24, 2.45) is 0 Å². The molecule has 0 bridgehead atoms. The maximum Gasteiger partial charge on any atom is 0.156 e. The van der Waals surface area contributed by atoms with Gasteiger partial charge in [-0.3, -0.25) is 0 Å². The highest BCUT2D eigenvalue weighted by molar-refractivity contribution is 5.94. The summed E-state index contributed by atoms with van der Waals surface area (Å²) in [6.45, 7) is 7.07. The first-order valence-electron chi connectivity index (χ1n) is 10.6. The molecule has 0 saturated carbocycles. The Balaban J connectivity index is 1.53. The number of nitrogens with zero attached hydrogens (tertiary/aromatic N) is 3.